The van der Waals surface area contributed by atoms with Crippen LogP contribution in [0.2, 0.25) is 5.02 Å². The fraction of sp³-hybridized carbons (Fsp3) is 0.357. The van der Waals surface area contributed by atoms with E-state index in [0.717, 1.165) is 11.1 Å². The van der Waals surface area contributed by atoms with Gasteiger partial charge in [-0.1, -0.05) is 54.1 Å². The van der Waals surface area contributed by atoms with E-state index < -0.39 is 18.3 Å². The predicted octanol–water partition coefficient (Wildman–Crippen LogP) is 4.11. The summed E-state index contributed by atoms with van der Waals surface area (Å²) in [4.78, 5) is 6.23. The Morgan fingerprint density at radius 2 is 1.86 bits per heavy atom. The molecule has 7 nitrogen and oxygen atoms in total. The summed E-state index contributed by atoms with van der Waals surface area (Å²) in [5, 5.41) is 31.8. The highest BCUT2D eigenvalue weighted by molar-refractivity contribution is 6.30. The van der Waals surface area contributed by atoms with Crippen LogP contribution >= 0.6 is 11.6 Å². The van der Waals surface area contributed by atoms with Gasteiger partial charge in [0.05, 0.1) is 25.4 Å². The van der Waals surface area contributed by atoms with E-state index in [1.54, 1.807) is 12.1 Å². The highest BCUT2D eigenvalue weighted by atomic mass is 35.5. The first kappa shape index (κ1) is 25.9. The summed E-state index contributed by atoms with van der Waals surface area (Å²) in [6.45, 7) is 0.239. The minimum absolute atomic E-state index is 0.102. The number of ether oxygens (including phenoxy) is 2. The molecule has 0 saturated heterocycles. The van der Waals surface area contributed by atoms with Crippen molar-refractivity contribution in [2.24, 2.45) is 5.92 Å². The van der Waals surface area contributed by atoms with Gasteiger partial charge in [0.2, 0.25) is 5.88 Å². The van der Waals surface area contributed by atoms with Crippen molar-refractivity contribution in [1.29, 1.82) is 5.26 Å². The Morgan fingerprint density at radius 1 is 1.17 bits per heavy atom. The number of hydrogen-bond acceptors (Lipinski definition) is 7. The molecule has 0 aliphatic heterocycles. The number of benzene rings is 2. The molecule has 3 aromatic rings. The summed E-state index contributed by atoms with van der Waals surface area (Å²) in [6, 6.07) is 21.0. The van der Waals surface area contributed by atoms with E-state index >= 15 is 0 Å². The van der Waals surface area contributed by atoms with E-state index in [-0.39, 0.29) is 29.2 Å². The van der Waals surface area contributed by atoms with Crippen LogP contribution in [0.25, 0.3) is 0 Å². The Bertz CT molecular complexity index is 1230. The number of pyridine rings is 1. The minimum Gasteiger partial charge on any atom is -0.481 e. The number of nitriles is 1. The zero-order chi connectivity index (χ0) is 25.9. The molecule has 0 amide bonds. The molecule has 2 N–H and O–H groups in total. The number of rotatable bonds is 8. The molecule has 0 unspecified atom stereocenters. The number of aliphatic hydroxyl groups is 2. The lowest BCUT2D eigenvalue weighted by molar-refractivity contribution is 0.0378. The number of hydrogen-bond donors (Lipinski definition) is 2. The van der Waals surface area contributed by atoms with Crippen molar-refractivity contribution >= 4 is 11.6 Å². The van der Waals surface area contributed by atoms with Crippen LogP contribution in [0.4, 0.5) is 0 Å². The van der Waals surface area contributed by atoms with E-state index in [0.29, 0.717) is 23.6 Å². The van der Waals surface area contributed by atoms with Crippen LogP contribution in [-0.4, -0.2) is 54.0 Å². The molecule has 8 heteroatoms. The molecule has 1 aliphatic rings. The largest absolute Gasteiger partial charge is 0.481 e. The van der Waals surface area contributed by atoms with Gasteiger partial charge >= 0.3 is 0 Å². The summed E-state index contributed by atoms with van der Waals surface area (Å²) in [5.41, 5.74) is 1.25. The SMILES string of the molecule is COc1nc(C#N)cc(O[C@]2(c3ccc(Cl)cc3)C[C@H](O)[C@H](CN(C)C)[C@H]2c2ccccc2)c1CO. The lowest BCUT2D eigenvalue weighted by Crippen LogP contribution is -2.39. The number of nitrogens with zero attached hydrogens (tertiary/aromatic N) is 3. The quantitative estimate of drug-likeness (QED) is 0.473. The van der Waals surface area contributed by atoms with Crippen LogP contribution in [0.1, 0.15) is 34.7 Å². The Hall–Kier alpha value is -3.15. The molecule has 2 aromatic carbocycles. The second-order valence-electron chi connectivity index (χ2n) is 9.35. The van der Waals surface area contributed by atoms with Crippen LogP contribution < -0.4 is 9.47 Å². The van der Waals surface area contributed by atoms with Crippen molar-refractivity contribution in [1.82, 2.24) is 9.88 Å². The van der Waals surface area contributed by atoms with Crippen LogP contribution in [0.15, 0.2) is 60.7 Å². The van der Waals surface area contributed by atoms with E-state index in [2.05, 4.69) is 9.88 Å². The standard InChI is InChI=1S/C28H30ClN3O4/c1-32(2)16-22-24(34)14-28(19-9-11-20(29)12-10-19,26(22)18-7-5-4-6-8-18)36-25-13-21(15-30)31-27(35-3)23(25)17-33/h4-13,22,24,26,33-34H,14,16-17H2,1-3H3/t22-,24-,26+,28-/m0/s1. The van der Waals surface area contributed by atoms with Crippen LogP contribution in [0.3, 0.4) is 0 Å². The van der Waals surface area contributed by atoms with Gasteiger partial charge in [-0.05, 0) is 37.4 Å². The van der Waals surface area contributed by atoms with Gasteiger partial charge in [0.1, 0.15) is 23.1 Å². The van der Waals surface area contributed by atoms with Gasteiger partial charge in [-0.3, -0.25) is 0 Å². The number of aromatic nitrogens is 1. The molecule has 36 heavy (non-hydrogen) atoms. The fourth-order valence-corrected chi connectivity index (χ4v) is 5.49. The van der Waals surface area contributed by atoms with Gasteiger partial charge in [-0.2, -0.15) is 5.26 Å². The Morgan fingerprint density at radius 3 is 2.44 bits per heavy atom. The first-order valence-corrected chi connectivity index (χ1v) is 12.1. The summed E-state index contributed by atoms with van der Waals surface area (Å²) < 4.78 is 12.3. The van der Waals surface area contributed by atoms with Crippen molar-refractivity contribution in [3.05, 3.63) is 88.1 Å². The van der Waals surface area contributed by atoms with E-state index in [9.17, 15) is 15.5 Å². The molecule has 188 valence electrons. The number of methoxy groups -OCH3 is 1. The van der Waals surface area contributed by atoms with Gasteiger partial charge in [0, 0.05) is 35.9 Å². The Balaban J connectivity index is 1.98. The summed E-state index contributed by atoms with van der Waals surface area (Å²) in [7, 11) is 5.39. The Labute approximate surface area is 216 Å². The summed E-state index contributed by atoms with van der Waals surface area (Å²) in [5.74, 6) is -0.00437. The molecule has 0 spiro atoms. The zero-order valence-electron chi connectivity index (χ0n) is 20.6. The highest BCUT2D eigenvalue weighted by Gasteiger charge is 2.57. The lowest BCUT2D eigenvalue weighted by atomic mass is 9.76. The molecule has 1 aliphatic carbocycles. The fourth-order valence-electron chi connectivity index (χ4n) is 5.36. The van der Waals surface area contributed by atoms with Crippen molar-refractivity contribution < 1.29 is 19.7 Å². The monoisotopic (exact) mass is 507 g/mol. The molecule has 1 saturated carbocycles. The van der Waals surface area contributed by atoms with Gasteiger partial charge in [-0.15, -0.1) is 0 Å². The van der Waals surface area contributed by atoms with Crippen molar-refractivity contribution in [3.63, 3.8) is 0 Å². The summed E-state index contributed by atoms with van der Waals surface area (Å²) in [6.07, 6.45) is -0.380. The van der Waals surface area contributed by atoms with Gasteiger partial charge in [-0.25, -0.2) is 4.98 Å². The molecule has 4 rings (SSSR count). The molecular formula is C28H30ClN3O4. The highest BCUT2D eigenvalue weighted by Crippen LogP contribution is 2.56. The smallest absolute Gasteiger partial charge is 0.223 e. The third kappa shape index (κ3) is 4.91. The minimum atomic E-state index is -1.03. The normalized spacial score (nSPS) is 23.4. The Kier molecular flexibility index (Phi) is 7.82. The average Bonchev–Trinajstić information content (AvgIpc) is 3.15. The third-order valence-corrected chi connectivity index (χ3v) is 7.06. The number of aliphatic hydroxyl groups excluding tert-OH is 2. The average molecular weight is 508 g/mol. The van der Waals surface area contributed by atoms with Gasteiger partial charge < -0.3 is 24.6 Å². The maximum Gasteiger partial charge on any atom is 0.223 e. The first-order chi connectivity index (χ1) is 17.3. The molecule has 1 aromatic heterocycles. The molecule has 1 heterocycles. The first-order valence-electron chi connectivity index (χ1n) is 11.7. The number of halogens is 1. The van der Waals surface area contributed by atoms with Crippen LogP contribution in [0.5, 0.6) is 11.6 Å². The van der Waals surface area contributed by atoms with Crippen LogP contribution in [0, 0.1) is 17.2 Å². The maximum absolute atomic E-state index is 11.5. The second kappa shape index (κ2) is 10.9. The molecule has 1 fully saturated rings. The van der Waals surface area contributed by atoms with Crippen molar-refractivity contribution in [2.75, 3.05) is 27.7 Å². The lowest BCUT2D eigenvalue weighted by Gasteiger charge is -2.39. The third-order valence-electron chi connectivity index (χ3n) is 6.81. The van der Waals surface area contributed by atoms with Gasteiger partial charge in [0.15, 0.2) is 0 Å². The molecule has 0 bridgehead atoms. The van der Waals surface area contributed by atoms with Crippen LogP contribution in [-0.2, 0) is 12.2 Å². The zero-order valence-corrected chi connectivity index (χ0v) is 21.3. The van der Waals surface area contributed by atoms with E-state index in [4.69, 9.17) is 21.1 Å². The molecule has 4 atom stereocenters. The molecular weight excluding hydrogens is 478 g/mol. The van der Waals surface area contributed by atoms with E-state index in [1.807, 2.05) is 62.6 Å². The van der Waals surface area contributed by atoms with Crippen molar-refractivity contribution in [2.45, 2.75) is 30.7 Å². The van der Waals surface area contributed by atoms with Crippen molar-refractivity contribution in [3.8, 4) is 17.7 Å². The predicted molar refractivity (Wildman–Crippen MR) is 137 cm³/mol. The van der Waals surface area contributed by atoms with E-state index in [1.165, 1.54) is 13.2 Å². The second-order valence-corrected chi connectivity index (χ2v) is 9.78. The van der Waals surface area contributed by atoms with Gasteiger partial charge in [0.25, 0.3) is 0 Å². The topological polar surface area (TPSA) is 98.8 Å². The maximum atomic E-state index is 11.5. The summed E-state index contributed by atoms with van der Waals surface area (Å²) >= 11 is 6.24. The molecule has 0 radical (unpaired) electrons.